The van der Waals surface area contributed by atoms with Gasteiger partial charge in [0.1, 0.15) is 5.75 Å². The molecular formula is C14H14BrNO2S. The van der Waals surface area contributed by atoms with E-state index in [0.717, 1.165) is 20.6 Å². The molecule has 0 fully saturated rings. The first-order valence-electron chi connectivity index (χ1n) is 5.92. The highest BCUT2D eigenvalue weighted by molar-refractivity contribution is 9.11. The lowest BCUT2D eigenvalue weighted by Gasteiger charge is -2.04. The number of benzene rings is 1. The quantitative estimate of drug-likeness (QED) is 0.879. The van der Waals surface area contributed by atoms with Crippen molar-refractivity contribution in [1.29, 1.82) is 0 Å². The molecule has 2 rings (SSSR count). The van der Waals surface area contributed by atoms with Gasteiger partial charge in [-0.15, -0.1) is 11.3 Å². The molecule has 0 aliphatic rings. The number of hydrogen-bond donors (Lipinski definition) is 2. The predicted molar refractivity (Wildman–Crippen MR) is 80.5 cm³/mol. The van der Waals surface area contributed by atoms with Gasteiger partial charge in [0.25, 0.3) is 0 Å². The van der Waals surface area contributed by atoms with Crippen molar-refractivity contribution in [3.63, 3.8) is 0 Å². The molecule has 0 spiro atoms. The zero-order chi connectivity index (χ0) is 13.7. The fraction of sp³-hybridized carbons (Fsp3) is 0.214. The number of thiophene rings is 1. The standard InChI is InChI=1S/C14H14BrNO2S/c15-13-6-5-12(19-13)9-14(18)16-8-7-10-1-3-11(17)4-2-10/h1-6,17H,7-9H2,(H,16,18). The van der Waals surface area contributed by atoms with E-state index < -0.39 is 0 Å². The number of amides is 1. The smallest absolute Gasteiger partial charge is 0.225 e. The summed E-state index contributed by atoms with van der Waals surface area (Å²) in [5.74, 6) is 0.296. The molecule has 5 heteroatoms. The number of hydrogen-bond acceptors (Lipinski definition) is 3. The van der Waals surface area contributed by atoms with Crippen LogP contribution in [-0.2, 0) is 17.6 Å². The molecule has 1 aromatic heterocycles. The highest BCUT2D eigenvalue weighted by Gasteiger charge is 2.05. The number of rotatable bonds is 5. The maximum Gasteiger partial charge on any atom is 0.225 e. The number of phenols is 1. The number of halogens is 1. The van der Waals surface area contributed by atoms with Crippen LogP contribution in [0.5, 0.6) is 5.75 Å². The van der Waals surface area contributed by atoms with Crippen molar-refractivity contribution in [3.8, 4) is 5.75 Å². The van der Waals surface area contributed by atoms with Crippen LogP contribution in [0.4, 0.5) is 0 Å². The number of phenolic OH excluding ortho intramolecular Hbond substituents is 1. The SMILES string of the molecule is O=C(Cc1ccc(Br)s1)NCCc1ccc(O)cc1. The minimum Gasteiger partial charge on any atom is -0.508 e. The van der Waals surface area contributed by atoms with Gasteiger partial charge in [0, 0.05) is 11.4 Å². The van der Waals surface area contributed by atoms with E-state index in [-0.39, 0.29) is 11.7 Å². The van der Waals surface area contributed by atoms with E-state index in [1.807, 2.05) is 24.3 Å². The Balaban J connectivity index is 1.73. The van der Waals surface area contributed by atoms with Crippen LogP contribution < -0.4 is 5.32 Å². The van der Waals surface area contributed by atoms with Gasteiger partial charge in [-0.05, 0) is 52.2 Å². The molecule has 0 unspecified atom stereocenters. The number of aromatic hydroxyl groups is 1. The van der Waals surface area contributed by atoms with Crippen molar-refractivity contribution in [1.82, 2.24) is 5.32 Å². The van der Waals surface area contributed by atoms with Crippen LogP contribution in [0.15, 0.2) is 40.2 Å². The van der Waals surface area contributed by atoms with Gasteiger partial charge in [-0.3, -0.25) is 4.79 Å². The maximum absolute atomic E-state index is 11.7. The Morgan fingerprint density at radius 1 is 1.21 bits per heavy atom. The molecule has 3 nitrogen and oxygen atoms in total. The second kappa shape index (κ2) is 6.73. The molecule has 2 N–H and O–H groups in total. The van der Waals surface area contributed by atoms with Gasteiger partial charge in [0.15, 0.2) is 0 Å². The van der Waals surface area contributed by atoms with Crippen LogP contribution in [0.3, 0.4) is 0 Å². The van der Waals surface area contributed by atoms with Crippen molar-refractivity contribution in [2.24, 2.45) is 0 Å². The maximum atomic E-state index is 11.7. The lowest BCUT2D eigenvalue weighted by molar-refractivity contribution is -0.120. The van der Waals surface area contributed by atoms with Gasteiger partial charge in [-0.1, -0.05) is 12.1 Å². The Kier molecular flexibility index (Phi) is 4.99. The molecule has 1 heterocycles. The van der Waals surface area contributed by atoms with Crippen molar-refractivity contribution in [3.05, 3.63) is 50.6 Å². The molecule has 0 radical (unpaired) electrons. The summed E-state index contributed by atoms with van der Waals surface area (Å²) in [5, 5.41) is 12.1. The third-order valence-electron chi connectivity index (χ3n) is 2.64. The Hall–Kier alpha value is -1.33. The highest BCUT2D eigenvalue weighted by atomic mass is 79.9. The topological polar surface area (TPSA) is 49.3 Å². The Bertz CT molecular complexity index is 551. The molecule has 0 aliphatic heterocycles. The van der Waals surface area contributed by atoms with Gasteiger partial charge < -0.3 is 10.4 Å². The Morgan fingerprint density at radius 3 is 2.58 bits per heavy atom. The summed E-state index contributed by atoms with van der Waals surface area (Å²) in [4.78, 5) is 12.8. The van der Waals surface area contributed by atoms with Crippen LogP contribution in [-0.4, -0.2) is 17.6 Å². The summed E-state index contributed by atoms with van der Waals surface area (Å²) in [6.07, 6.45) is 1.19. The van der Waals surface area contributed by atoms with E-state index in [4.69, 9.17) is 5.11 Å². The molecule has 0 atom stereocenters. The summed E-state index contributed by atoms with van der Waals surface area (Å²) in [6, 6.07) is 10.9. The Labute approximate surface area is 124 Å². The van der Waals surface area contributed by atoms with E-state index in [0.29, 0.717) is 13.0 Å². The Morgan fingerprint density at radius 2 is 1.95 bits per heavy atom. The molecule has 0 saturated heterocycles. The third kappa shape index (κ3) is 4.69. The van der Waals surface area contributed by atoms with Crippen molar-refractivity contribution < 1.29 is 9.90 Å². The molecule has 0 saturated carbocycles. The van der Waals surface area contributed by atoms with Crippen LogP contribution in [0.2, 0.25) is 0 Å². The molecule has 1 amide bonds. The number of nitrogens with one attached hydrogen (secondary N) is 1. The second-order valence-electron chi connectivity index (χ2n) is 4.15. The molecule has 100 valence electrons. The summed E-state index contributed by atoms with van der Waals surface area (Å²) in [5.41, 5.74) is 1.09. The summed E-state index contributed by atoms with van der Waals surface area (Å²) in [6.45, 7) is 0.607. The monoisotopic (exact) mass is 339 g/mol. The molecule has 0 aliphatic carbocycles. The molecule has 1 aromatic carbocycles. The zero-order valence-corrected chi connectivity index (χ0v) is 12.6. The van der Waals surface area contributed by atoms with E-state index in [1.54, 1.807) is 23.5 Å². The zero-order valence-electron chi connectivity index (χ0n) is 10.2. The van der Waals surface area contributed by atoms with Crippen molar-refractivity contribution in [2.75, 3.05) is 6.54 Å². The van der Waals surface area contributed by atoms with Gasteiger partial charge in [0.05, 0.1) is 10.2 Å². The average molecular weight is 340 g/mol. The summed E-state index contributed by atoms with van der Waals surface area (Å²) >= 11 is 4.95. The summed E-state index contributed by atoms with van der Waals surface area (Å²) < 4.78 is 1.04. The molecule has 0 bridgehead atoms. The number of carbonyl (C=O) groups is 1. The van der Waals surface area contributed by atoms with E-state index >= 15 is 0 Å². The lowest BCUT2D eigenvalue weighted by atomic mass is 10.1. The first-order valence-corrected chi connectivity index (χ1v) is 7.53. The predicted octanol–water partition coefficient (Wildman–Crippen LogP) is 3.12. The fourth-order valence-corrected chi connectivity index (χ4v) is 3.16. The third-order valence-corrected chi connectivity index (χ3v) is 4.26. The molecule has 19 heavy (non-hydrogen) atoms. The number of carbonyl (C=O) groups excluding carboxylic acids is 1. The molecule has 2 aromatic rings. The van der Waals surface area contributed by atoms with Crippen molar-refractivity contribution in [2.45, 2.75) is 12.8 Å². The minimum absolute atomic E-state index is 0.0353. The van der Waals surface area contributed by atoms with Gasteiger partial charge in [-0.25, -0.2) is 0 Å². The molecular weight excluding hydrogens is 326 g/mol. The second-order valence-corrected chi connectivity index (χ2v) is 6.70. The van der Waals surface area contributed by atoms with Crippen molar-refractivity contribution >= 4 is 33.2 Å². The van der Waals surface area contributed by atoms with Crippen LogP contribution >= 0.6 is 27.3 Å². The average Bonchev–Trinajstić information content (AvgIpc) is 2.77. The minimum atomic E-state index is 0.0353. The van der Waals surface area contributed by atoms with Gasteiger partial charge >= 0.3 is 0 Å². The normalized spacial score (nSPS) is 10.4. The van der Waals surface area contributed by atoms with Crippen LogP contribution in [0, 0.1) is 0 Å². The van der Waals surface area contributed by atoms with Gasteiger partial charge in [-0.2, -0.15) is 0 Å². The van der Waals surface area contributed by atoms with E-state index in [1.165, 1.54) is 0 Å². The van der Waals surface area contributed by atoms with Gasteiger partial charge in [0.2, 0.25) is 5.91 Å². The first-order chi connectivity index (χ1) is 9.13. The first kappa shape index (κ1) is 14.1. The van der Waals surface area contributed by atoms with Crippen LogP contribution in [0.1, 0.15) is 10.4 Å². The van der Waals surface area contributed by atoms with E-state index in [9.17, 15) is 4.79 Å². The van der Waals surface area contributed by atoms with Crippen LogP contribution in [0.25, 0.3) is 0 Å². The largest absolute Gasteiger partial charge is 0.508 e. The van der Waals surface area contributed by atoms with E-state index in [2.05, 4.69) is 21.2 Å². The fourth-order valence-electron chi connectivity index (χ4n) is 1.68. The summed E-state index contributed by atoms with van der Waals surface area (Å²) in [7, 11) is 0. The highest BCUT2D eigenvalue weighted by Crippen LogP contribution is 2.22. The lowest BCUT2D eigenvalue weighted by Crippen LogP contribution is -2.26.